The average molecular weight is 294 g/mol. The maximum Gasteiger partial charge on any atom is 0.256 e. The molecular formula is C19H37N2+. The van der Waals surface area contributed by atoms with Crippen molar-refractivity contribution < 1.29 is 4.57 Å². The highest BCUT2D eigenvalue weighted by molar-refractivity contribution is 4.83. The molecule has 0 aliphatic rings. The summed E-state index contributed by atoms with van der Waals surface area (Å²) in [5.41, 5.74) is 0. The highest BCUT2D eigenvalue weighted by Gasteiger charge is 2.14. The second-order valence-corrected chi connectivity index (χ2v) is 6.27. The fourth-order valence-corrected chi connectivity index (χ4v) is 3.02. The van der Waals surface area contributed by atoms with Gasteiger partial charge in [0.2, 0.25) is 0 Å². The number of imidazole rings is 1. The Morgan fingerprint density at radius 1 is 0.810 bits per heavy atom. The quantitative estimate of drug-likeness (QED) is 0.346. The van der Waals surface area contributed by atoms with E-state index < -0.39 is 0 Å². The van der Waals surface area contributed by atoms with Crippen molar-refractivity contribution in [3.8, 4) is 0 Å². The van der Waals surface area contributed by atoms with E-state index in [1.54, 1.807) is 0 Å². The summed E-state index contributed by atoms with van der Waals surface area (Å²) in [6.45, 7) is 9.11. The Bertz CT molecular complexity index is 354. The summed E-state index contributed by atoms with van der Waals surface area (Å²) in [4.78, 5) is 0. The van der Waals surface area contributed by atoms with Crippen LogP contribution in [0.25, 0.3) is 0 Å². The lowest BCUT2D eigenvalue weighted by molar-refractivity contribution is -0.704. The smallest absolute Gasteiger partial charge is 0.235 e. The largest absolute Gasteiger partial charge is 0.256 e. The van der Waals surface area contributed by atoms with Crippen LogP contribution in [0.1, 0.15) is 90.8 Å². The van der Waals surface area contributed by atoms with Crippen LogP contribution in [-0.2, 0) is 19.5 Å². The molecule has 0 radical (unpaired) electrons. The number of hydrogen-bond donors (Lipinski definition) is 0. The third kappa shape index (κ3) is 7.15. The summed E-state index contributed by atoms with van der Waals surface area (Å²) >= 11 is 0. The van der Waals surface area contributed by atoms with E-state index in [0.717, 1.165) is 6.54 Å². The standard InChI is InChI=1S/C19H37N2/c1-4-7-9-10-11-12-13-14-15-19-20(6-3)17-18-21(19)16-8-5-2/h17-18H,4-16H2,1-3H3/q+1. The van der Waals surface area contributed by atoms with Crippen LogP contribution < -0.4 is 4.57 Å². The van der Waals surface area contributed by atoms with Gasteiger partial charge in [-0.2, -0.15) is 0 Å². The zero-order valence-electron chi connectivity index (χ0n) is 14.7. The molecule has 0 aliphatic carbocycles. The maximum absolute atomic E-state index is 2.48. The van der Waals surface area contributed by atoms with E-state index in [2.05, 4.69) is 42.3 Å². The molecule has 1 aromatic rings. The Balaban J connectivity index is 2.25. The van der Waals surface area contributed by atoms with Crippen molar-refractivity contribution in [2.45, 2.75) is 104 Å². The minimum atomic E-state index is 1.10. The summed E-state index contributed by atoms with van der Waals surface area (Å²) in [5.74, 6) is 1.54. The molecule has 122 valence electrons. The van der Waals surface area contributed by atoms with Gasteiger partial charge in [0.1, 0.15) is 12.4 Å². The van der Waals surface area contributed by atoms with Gasteiger partial charge < -0.3 is 0 Å². The van der Waals surface area contributed by atoms with Crippen molar-refractivity contribution in [2.75, 3.05) is 0 Å². The summed E-state index contributed by atoms with van der Waals surface area (Å²) in [6, 6.07) is 0. The van der Waals surface area contributed by atoms with Crippen LogP contribution in [0.3, 0.4) is 0 Å². The highest BCUT2D eigenvalue weighted by atomic mass is 15.1. The number of aromatic nitrogens is 2. The zero-order chi connectivity index (χ0) is 15.3. The van der Waals surface area contributed by atoms with Crippen molar-refractivity contribution in [3.63, 3.8) is 0 Å². The van der Waals surface area contributed by atoms with Gasteiger partial charge in [-0.25, -0.2) is 9.13 Å². The summed E-state index contributed by atoms with van der Waals surface area (Å²) < 4.78 is 4.91. The minimum Gasteiger partial charge on any atom is -0.235 e. The molecule has 0 saturated carbocycles. The maximum atomic E-state index is 2.48. The van der Waals surface area contributed by atoms with Crippen LogP contribution in [0.4, 0.5) is 0 Å². The summed E-state index contributed by atoms with van der Waals surface area (Å²) in [6.07, 6.45) is 19.6. The summed E-state index contributed by atoms with van der Waals surface area (Å²) in [5, 5.41) is 0. The minimum absolute atomic E-state index is 1.10. The fourth-order valence-electron chi connectivity index (χ4n) is 3.02. The van der Waals surface area contributed by atoms with Crippen LogP contribution >= 0.6 is 0 Å². The molecule has 0 atom stereocenters. The fraction of sp³-hybridized carbons (Fsp3) is 0.842. The Morgan fingerprint density at radius 2 is 1.43 bits per heavy atom. The third-order valence-electron chi connectivity index (χ3n) is 4.44. The number of rotatable bonds is 13. The predicted octanol–water partition coefficient (Wildman–Crippen LogP) is 5.28. The van der Waals surface area contributed by atoms with Crippen LogP contribution in [0.15, 0.2) is 12.4 Å². The molecule has 0 N–H and O–H groups in total. The van der Waals surface area contributed by atoms with E-state index in [0.29, 0.717) is 0 Å². The first-order valence-corrected chi connectivity index (χ1v) is 9.40. The van der Waals surface area contributed by atoms with Crippen molar-refractivity contribution in [3.05, 3.63) is 18.2 Å². The molecule has 0 amide bonds. The van der Waals surface area contributed by atoms with E-state index >= 15 is 0 Å². The van der Waals surface area contributed by atoms with E-state index in [-0.39, 0.29) is 0 Å². The van der Waals surface area contributed by atoms with E-state index in [1.165, 1.54) is 83.0 Å². The molecule has 0 unspecified atom stereocenters. The Morgan fingerprint density at radius 3 is 2.05 bits per heavy atom. The molecule has 0 aliphatic heterocycles. The Kier molecular flexibility index (Phi) is 10.3. The molecule has 21 heavy (non-hydrogen) atoms. The van der Waals surface area contributed by atoms with Crippen LogP contribution in [-0.4, -0.2) is 4.57 Å². The van der Waals surface area contributed by atoms with Crippen molar-refractivity contribution in [1.29, 1.82) is 0 Å². The van der Waals surface area contributed by atoms with Crippen molar-refractivity contribution >= 4 is 0 Å². The molecule has 0 bridgehead atoms. The van der Waals surface area contributed by atoms with Gasteiger partial charge in [0, 0.05) is 6.42 Å². The topological polar surface area (TPSA) is 8.81 Å². The van der Waals surface area contributed by atoms with E-state index in [1.807, 2.05) is 0 Å². The molecular weight excluding hydrogens is 256 g/mol. The van der Waals surface area contributed by atoms with Gasteiger partial charge in [-0.1, -0.05) is 65.2 Å². The van der Waals surface area contributed by atoms with Crippen LogP contribution in [0.5, 0.6) is 0 Å². The zero-order valence-corrected chi connectivity index (χ0v) is 14.7. The van der Waals surface area contributed by atoms with Gasteiger partial charge in [-0.3, -0.25) is 0 Å². The SMILES string of the molecule is CCCCCCCCCCc1n(CC)cc[n+]1CCCC. The van der Waals surface area contributed by atoms with Crippen LogP contribution in [0.2, 0.25) is 0 Å². The first kappa shape index (κ1) is 18.3. The molecule has 0 aromatic carbocycles. The van der Waals surface area contributed by atoms with Gasteiger partial charge in [-0.15, -0.1) is 0 Å². The molecule has 0 fully saturated rings. The lowest BCUT2D eigenvalue weighted by Gasteiger charge is -2.04. The molecule has 1 aromatic heterocycles. The molecule has 2 heteroatoms. The first-order valence-electron chi connectivity index (χ1n) is 9.40. The number of nitrogens with zero attached hydrogens (tertiary/aromatic N) is 2. The first-order chi connectivity index (χ1) is 10.3. The van der Waals surface area contributed by atoms with E-state index in [4.69, 9.17) is 0 Å². The van der Waals surface area contributed by atoms with Crippen molar-refractivity contribution in [1.82, 2.24) is 4.57 Å². The third-order valence-corrected chi connectivity index (χ3v) is 4.44. The van der Waals surface area contributed by atoms with Gasteiger partial charge in [-0.05, 0) is 19.8 Å². The van der Waals surface area contributed by atoms with Crippen LogP contribution in [0, 0.1) is 0 Å². The number of aryl methyl sites for hydroxylation is 2. The predicted molar refractivity (Wildman–Crippen MR) is 91.5 cm³/mol. The molecule has 0 spiro atoms. The Labute approximate surface area is 132 Å². The summed E-state index contributed by atoms with van der Waals surface area (Å²) in [7, 11) is 0. The van der Waals surface area contributed by atoms with Gasteiger partial charge in [0.05, 0.1) is 13.1 Å². The normalized spacial score (nSPS) is 11.2. The molecule has 1 heterocycles. The molecule has 1 rings (SSSR count). The second-order valence-electron chi connectivity index (χ2n) is 6.27. The van der Waals surface area contributed by atoms with E-state index in [9.17, 15) is 0 Å². The van der Waals surface area contributed by atoms with Gasteiger partial charge >= 0.3 is 0 Å². The Hall–Kier alpha value is -0.790. The average Bonchev–Trinajstić information content (AvgIpc) is 2.90. The molecule has 0 saturated heterocycles. The highest BCUT2D eigenvalue weighted by Crippen LogP contribution is 2.10. The molecule has 2 nitrogen and oxygen atoms in total. The number of hydrogen-bond acceptors (Lipinski definition) is 0. The monoisotopic (exact) mass is 293 g/mol. The lowest BCUT2D eigenvalue weighted by Crippen LogP contribution is -2.37. The lowest BCUT2D eigenvalue weighted by atomic mass is 10.1. The second kappa shape index (κ2) is 11.8. The van der Waals surface area contributed by atoms with Gasteiger partial charge in [0.15, 0.2) is 0 Å². The van der Waals surface area contributed by atoms with Crippen molar-refractivity contribution in [2.24, 2.45) is 0 Å². The number of unbranched alkanes of at least 4 members (excludes halogenated alkanes) is 8. The van der Waals surface area contributed by atoms with Gasteiger partial charge in [0.25, 0.3) is 5.82 Å².